The van der Waals surface area contributed by atoms with E-state index in [1.165, 1.54) is 5.56 Å². The van der Waals surface area contributed by atoms with Gasteiger partial charge in [-0.15, -0.1) is 0 Å². The maximum absolute atomic E-state index is 10.9. The largest absolute Gasteiger partial charge is 0.480 e. The van der Waals surface area contributed by atoms with Crippen LogP contribution >= 0.6 is 0 Å². The molecule has 1 aliphatic heterocycles. The molecular weight excluding hydrogens is 216 g/mol. The molecule has 1 N–H and O–H groups in total. The van der Waals surface area contributed by atoms with Crippen LogP contribution in [0, 0.1) is 0 Å². The van der Waals surface area contributed by atoms with Crippen molar-refractivity contribution in [2.75, 3.05) is 33.2 Å². The Morgan fingerprint density at radius 2 is 2.06 bits per heavy atom. The van der Waals surface area contributed by atoms with Gasteiger partial charge in [0, 0.05) is 25.7 Å². The van der Waals surface area contributed by atoms with Gasteiger partial charge in [-0.2, -0.15) is 0 Å². The first-order valence-corrected chi connectivity index (χ1v) is 5.86. The first-order valence-electron chi connectivity index (χ1n) is 5.86. The highest BCUT2D eigenvalue weighted by Crippen LogP contribution is 2.24. The third-order valence-electron chi connectivity index (χ3n) is 3.22. The molecule has 1 aliphatic rings. The summed E-state index contributed by atoms with van der Waals surface area (Å²) < 4.78 is 0. The second kappa shape index (κ2) is 5.29. The quantitative estimate of drug-likeness (QED) is 0.849. The number of hydrogen-bond acceptors (Lipinski definition) is 3. The smallest absolute Gasteiger partial charge is 0.317 e. The van der Waals surface area contributed by atoms with E-state index in [1.807, 2.05) is 23.1 Å². The molecule has 1 saturated heterocycles. The van der Waals surface area contributed by atoms with Crippen LogP contribution in [-0.4, -0.2) is 54.1 Å². The van der Waals surface area contributed by atoms with E-state index in [0.717, 1.165) is 19.6 Å². The lowest BCUT2D eigenvalue weighted by Gasteiger charge is -2.39. The molecule has 0 aromatic heterocycles. The minimum Gasteiger partial charge on any atom is -0.480 e. The van der Waals surface area contributed by atoms with Crippen LogP contribution in [0.25, 0.3) is 0 Å². The standard InChI is InChI=1S/C13H18N2O2/c1-14-7-8-15(10-13(16)17)12(9-14)11-5-3-2-4-6-11/h2-6,12H,7-10H2,1H3,(H,16,17). The number of rotatable bonds is 3. The van der Waals surface area contributed by atoms with Crippen molar-refractivity contribution in [3.05, 3.63) is 35.9 Å². The fraction of sp³-hybridized carbons (Fsp3) is 0.462. The summed E-state index contributed by atoms with van der Waals surface area (Å²) in [5.41, 5.74) is 1.19. The van der Waals surface area contributed by atoms with Crippen LogP contribution in [0.4, 0.5) is 0 Å². The molecule has 92 valence electrons. The van der Waals surface area contributed by atoms with Crippen molar-refractivity contribution in [1.29, 1.82) is 0 Å². The van der Waals surface area contributed by atoms with Gasteiger partial charge in [0.05, 0.1) is 6.54 Å². The number of carbonyl (C=O) groups is 1. The summed E-state index contributed by atoms with van der Waals surface area (Å²) in [5.74, 6) is -0.754. The molecule has 0 bridgehead atoms. The van der Waals surface area contributed by atoms with Crippen molar-refractivity contribution >= 4 is 5.97 Å². The molecule has 0 spiro atoms. The van der Waals surface area contributed by atoms with Crippen LogP contribution in [0.15, 0.2) is 30.3 Å². The lowest BCUT2D eigenvalue weighted by atomic mass is 10.0. The predicted octanol–water partition coefficient (Wildman–Crippen LogP) is 1.06. The fourth-order valence-electron chi connectivity index (χ4n) is 2.31. The molecule has 17 heavy (non-hydrogen) atoms. The summed E-state index contributed by atoms with van der Waals surface area (Å²) in [6.45, 7) is 2.74. The van der Waals surface area contributed by atoms with Gasteiger partial charge in [0.25, 0.3) is 0 Å². The van der Waals surface area contributed by atoms with Crippen molar-refractivity contribution in [3.63, 3.8) is 0 Å². The molecule has 0 amide bonds. The molecule has 0 saturated carbocycles. The molecule has 1 aromatic rings. The zero-order chi connectivity index (χ0) is 12.3. The molecule has 0 aliphatic carbocycles. The van der Waals surface area contributed by atoms with Gasteiger partial charge in [-0.05, 0) is 12.6 Å². The molecule has 4 nitrogen and oxygen atoms in total. The van der Waals surface area contributed by atoms with Gasteiger partial charge in [-0.1, -0.05) is 30.3 Å². The maximum Gasteiger partial charge on any atom is 0.317 e. The maximum atomic E-state index is 10.9. The van der Waals surface area contributed by atoms with Gasteiger partial charge in [0.15, 0.2) is 0 Å². The van der Waals surface area contributed by atoms with E-state index in [9.17, 15) is 4.79 Å². The van der Waals surface area contributed by atoms with E-state index in [0.29, 0.717) is 0 Å². The van der Waals surface area contributed by atoms with Crippen LogP contribution in [-0.2, 0) is 4.79 Å². The zero-order valence-electron chi connectivity index (χ0n) is 10.0. The van der Waals surface area contributed by atoms with Crippen molar-refractivity contribution in [2.24, 2.45) is 0 Å². The fourth-order valence-corrected chi connectivity index (χ4v) is 2.31. The lowest BCUT2D eigenvalue weighted by Crippen LogP contribution is -2.48. The molecule has 2 rings (SSSR count). The third kappa shape index (κ3) is 3.05. The van der Waals surface area contributed by atoms with Crippen LogP contribution in [0.5, 0.6) is 0 Å². The number of benzene rings is 1. The molecule has 1 heterocycles. The van der Waals surface area contributed by atoms with Crippen molar-refractivity contribution < 1.29 is 9.90 Å². The normalized spacial score (nSPS) is 22.5. The van der Waals surface area contributed by atoms with Crippen LogP contribution in [0.3, 0.4) is 0 Å². The summed E-state index contributed by atoms with van der Waals surface area (Å²) >= 11 is 0. The number of carboxylic acids is 1. The SMILES string of the molecule is CN1CCN(CC(=O)O)C(c2ccccc2)C1. The first-order chi connectivity index (χ1) is 8.16. The monoisotopic (exact) mass is 234 g/mol. The Labute approximate surface area is 101 Å². The van der Waals surface area contributed by atoms with Crippen molar-refractivity contribution in [1.82, 2.24) is 9.80 Å². The average Bonchev–Trinajstić information content (AvgIpc) is 2.32. The Hall–Kier alpha value is -1.39. The van der Waals surface area contributed by atoms with Crippen LogP contribution in [0.2, 0.25) is 0 Å². The molecule has 1 aromatic carbocycles. The van der Waals surface area contributed by atoms with E-state index < -0.39 is 5.97 Å². The number of carboxylic acid groups (broad SMARTS) is 1. The summed E-state index contributed by atoms with van der Waals surface area (Å²) in [6.07, 6.45) is 0. The Balaban J connectivity index is 2.17. The van der Waals surface area contributed by atoms with Gasteiger partial charge >= 0.3 is 5.97 Å². The van der Waals surface area contributed by atoms with Gasteiger partial charge in [0.1, 0.15) is 0 Å². The Kier molecular flexibility index (Phi) is 3.76. The van der Waals surface area contributed by atoms with Gasteiger partial charge < -0.3 is 10.0 Å². The molecule has 1 unspecified atom stereocenters. The van der Waals surface area contributed by atoms with Crippen LogP contribution < -0.4 is 0 Å². The van der Waals surface area contributed by atoms with Crippen LogP contribution in [0.1, 0.15) is 11.6 Å². The van der Waals surface area contributed by atoms with E-state index in [1.54, 1.807) is 0 Å². The number of likely N-dealkylation sites (N-methyl/N-ethyl adjacent to an activating group) is 1. The van der Waals surface area contributed by atoms with E-state index in [2.05, 4.69) is 24.1 Å². The highest BCUT2D eigenvalue weighted by atomic mass is 16.4. The summed E-state index contributed by atoms with van der Waals surface area (Å²) in [6, 6.07) is 10.3. The second-order valence-corrected chi connectivity index (χ2v) is 4.55. The number of hydrogen-bond donors (Lipinski definition) is 1. The minimum atomic E-state index is -0.754. The van der Waals surface area contributed by atoms with E-state index in [4.69, 9.17) is 5.11 Å². The van der Waals surface area contributed by atoms with E-state index in [-0.39, 0.29) is 12.6 Å². The summed E-state index contributed by atoms with van der Waals surface area (Å²) in [7, 11) is 2.08. The number of piperazine rings is 1. The highest BCUT2D eigenvalue weighted by Gasteiger charge is 2.27. The second-order valence-electron chi connectivity index (χ2n) is 4.55. The third-order valence-corrected chi connectivity index (χ3v) is 3.22. The van der Waals surface area contributed by atoms with Crippen molar-refractivity contribution in [3.8, 4) is 0 Å². The predicted molar refractivity (Wildman–Crippen MR) is 65.9 cm³/mol. The van der Waals surface area contributed by atoms with Crippen molar-refractivity contribution in [2.45, 2.75) is 6.04 Å². The minimum absolute atomic E-state index is 0.118. The molecule has 1 fully saturated rings. The highest BCUT2D eigenvalue weighted by molar-refractivity contribution is 5.69. The van der Waals surface area contributed by atoms with E-state index >= 15 is 0 Å². The zero-order valence-corrected chi connectivity index (χ0v) is 10.0. The molecule has 0 radical (unpaired) electrons. The summed E-state index contributed by atoms with van der Waals surface area (Å²) in [4.78, 5) is 15.2. The summed E-state index contributed by atoms with van der Waals surface area (Å²) in [5, 5.41) is 8.94. The first kappa shape index (κ1) is 12.1. The topological polar surface area (TPSA) is 43.8 Å². The Morgan fingerprint density at radius 1 is 1.35 bits per heavy atom. The Bertz CT molecular complexity index is 380. The number of nitrogens with zero attached hydrogens (tertiary/aromatic N) is 2. The van der Waals surface area contributed by atoms with Gasteiger partial charge in [-0.25, -0.2) is 0 Å². The molecule has 4 heteroatoms. The number of aliphatic carboxylic acids is 1. The molecule has 1 atom stereocenters. The molecular formula is C13H18N2O2. The van der Waals surface area contributed by atoms with Gasteiger partial charge in [-0.3, -0.25) is 9.69 Å². The lowest BCUT2D eigenvalue weighted by molar-refractivity contribution is -0.139. The van der Waals surface area contributed by atoms with Gasteiger partial charge in [0.2, 0.25) is 0 Å². The Morgan fingerprint density at radius 3 is 2.71 bits per heavy atom. The average molecular weight is 234 g/mol.